The number of rotatable bonds is 3. The topological polar surface area (TPSA) is 79.7 Å². The Balaban J connectivity index is 3.15. The quantitative estimate of drug-likeness (QED) is 0.584. The van der Waals surface area contributed by atoms with Gasteiger partial charge in [-0.25, -0.2) is 4.79 Å². The van der Waals surface area contributed by atoms with Gasteiger partial charge in [0.15, 0.2) is 0 Å². The molecule has 0 radical (unpaired) electrons. The predicted molar refractivity (Wildman–Crippen MR) is 57.6 cm³/mol. The third-order valence-electron chi connectivity index (χ3n) is 2.12. The van der Waals surface area contributed by atoms with E-state index in [0.717, 1.165) is 0 Å². The minimum Gasteiger partial charge on any atom is -0.505 e. The van der Waals surface area contributed by atoms with Gasteiger partial charge < -0.3 is 14.9 Å². The van der Waals surface area contributed by atoms with Crippen molar-refractivity contribution in [3.8, 4) is 5.75 Å². The van der Waals surface area contributed by atoms with Crippen molar-refractivity contribution in [3.05, 3.63) is 29.1 Å². The number of hydrogen-bond acceptors (Lipinski definition) is 5. The minimum atomic E-state index is -0.530. The zero-order valence-corrected chi connectivity index (χ0v) is 9.10. The Morgan fingerprint density at radius 3 is 2.88 bits per heavy atom. The number of methoxy groups -OCH3 is 1. The summed E-state index contributed by atoms with van der Waals surface area (Å²) in [5.74, 6) is -0.579. The van der Waals surface area contributed by atoms with Gasteiger partial charge in [0.1, 0.15) is 5.75 Å². The van der Waals surface area contributed by atoms with E-state index in [4.69, 9.17) is 5.11 Å². The first-order valence-electron chi connectivity index (χ1n) is 4.64. The SMILES string of the molecule is COC(=O)C=Cc1c(CO)cnc(C)c1O. The molecule has 1 heterocycles. The summed E-state index contributed by atoms with van der Waals surface area (Å²) in [6.07, 6.45) is 4.01. The molecule has 1 aromatic heterocycles. The molecule has 0 amide bonds. The molecular weight excluding hydrogens is 210 g/mol. The highest BCUT2D eigenvalue weighted by atomic mass is 16.5. The van der Waals surface area contributed by atoms with Gasteiger partial charge in [0.05, 0.1) is 19.4 Å². The summed E-state index contributed by atoms with van der Waals surface area (Å²) in [6.45, 7) is 1.37. The fourth-order valence-electron chi connectivity index (χ4n) is 1.18. The number of carbonyl (C=O) groups excluding carboxylic acids is 1. The summed E-state index contributed by atoms with van der Waals surface area (Å²) < 4.78 is 4.43. The summed E-state index contributed by atoms with van der Waals surface area (Å²) in [7, 11) is 1.26. The highest BCUT2D eigenvalue weighted by Crippen LogP contribution is 2.25. The van der Waals surface area contributed by atoms with Gasteiger partial charge in [0.2, 0.25) is 0 Å². The van der Waals surface area contributed by atoms with Gasteiger partial charge in [-0.2, -0.15) is 0 Å². The van der Waals surface area contributed by atoms with Crippen LogP contribution in [0.1, 0.15) is 16.8 Å². The average molecular weight is 223 g/mol. The summed E-state index contributed by atoms with van der Waals surface area (Å²) in [4.78, 5) is 14.8. The Hall–Kier alpha value is -1.88. The first kappa shape index (κ1) is 12.2. The molecule has 5 nitrogen and oxygen atoms in total. The van der Waals surface area contributed by atoms with Crippen LogP contribution < -0.4 is 0 Å². The molecule has 0 bridgehead atoms. The lowest BCUT2D eigenvalue weighted by molar-refractivity contribution is -0.134. The largest absolute Gasteiger partial charge is 0.505 e. The number of aromatic nitrogens is 1. The lowest BCUT2D eigenvalue weighted by Gasteiger charge is -2.07. The van der Waals surface area contributed by atoms with Crippen LogP contribution >= 0.6 is 0 Å². The predicted octanol–water partition coefficient (Wildman–Crippen LogP) is 0.774. The molecule has 0 saturated carbocycles. The molecule has 86 valence electrons. The highest BCUT2D eigenvalue weighted by Gasteiger charge is 2.08. The van der Waals surface area contributed by atoms with E-state index in [2.05, 4.69) is 9.72 Å². The highest BCUT2D eigenvalue weighted by molar-refractivity contribution is 5.87. The Kier molecular flexibility index (Phi) is 4.02. The molecular formula is C11H13NO4. The molecule has 2 N–H and O–H groups in total. The van der Waals surface area contributed by atoms with E-state index in [-0.39, 0.29) is 12.4 Å². The maximum atomic E-state index is 10.9. The molecule has 0 aromatic carbocycles. The van der Waals surface area contributed by atoms with Gasteiger partial charge in [-0.3, -0.25) is 4.98 Å². The van der Waals surface area contributed by atoms with Crippen LogP contribution in [0.15, 0.2) is 12.3 Å². The lowest BCUT2D eigenvalue weighted by atomic mass is 10.1. The monoisotopic (exact) mass is 223 g/mol. The third-order valence-corrected chi connectivity index (χ3v) is 2.12. The number of ether oxygens (including phenoxy) is 1. The average Bonchev–Trinajstić information content (AvgIpc) is 2.30. The fraction of sp³-hybridized carbons (Fsp3) is 0.273. The minimum absolute atomic E-state index is 0.0493. The van der Waals surface area contributed by atoms with Crippen molar-refractivity contribution in [2.75, 3.05) is 7.11 Å². The second-order valence-corrected chi connectivity index (χ2v) is 3.15. The maximum absolute atomic E-state index is 10.9. The van der Waals surface area contributed by atoms with Gasteiger partial charge in [-0.05, 0) is 13.0 Å². The van der Waals surface area contributed by atoms with E-state index in [1.165, 1.54) is 25.5 Å². The van der Waals surface area contributed by atoms with E-state index >= 15 is 0 Å². The molecule has 0 spiro atoms. The van der Waals surface area contributed by atoms with Crippen molar-refractivity contribution in [2.45, 2.75) is 13.5 Å². The molecule has 0 aliphatic rings. The molecule has 0 atom stereocenters. The number of aliphatic hydroxyl groups is 1. The Morgan fingerprint density at radius 1 is 1.62 bits per heavy atom. The van der Waals surface area contributed by atoms with Crippen LogP contribution in [0.5, 0.6) is 5.75 Å². The molecule has 0 unspecified atom stereocenters. The van der Waals surface area contributed by atoms with Crippen LogP contribution in [0, 0.1) is 6.92 Å². The molecule has 5 heteroatoms. The number of nitrogens with zero attached hydrogens (tertiary/aromatic N) is 1. The number of pyridine rings is 1. The Morgan fingerprint density at radius 2 is 2.31 bits per heavy atom. The van der Waals surface area contributed by atoms with Crippen molar-refractivity contribution in [1.29, 1.82) is 0 Å². The number of esters is 1. The second-order valence-electron chi connectivity index (χ2n) is 3.15. The van der Waals surface area contributed by atoms with Crippen molar-refractivity contribution >= 4 is 12.0 Å². The summed E-state index contributed by atoms with van der Waals surface area (Å²) in [5.41, 5.74) is 1.25. The second kappa shape index (κ2) is 5.27. The van der Waals surface area contributed by atoms with Crippen LogP contribution in [0.3, 0.4) is 0 Å². The van der Waals surface area contributed by atoms with E-state index in [1.807, 2.05) is 0 Å². The summed E-state index contributed by atoms with van der Waals surface area (Å²) in [6, 6.07) is 0. The number of aryl methyl sites for hydroxylation is 1. The molecule has 0 aliphatic heterocycles. The van der Waals surface area contributed by atoms with Gasteiger partial charge in [0.25, 0.3) is 0 Å². The van der Waals surface area contributed by atoms with Crippen LogP contribution in [-0.2, 0) is 16.1 Å². The smallest absolute Gasteiger partial charge is 0.330 e. The van der Waals surface area contributed by atoms with Crippen LogP contribution in [0.25, 0.3) is 6.08 Å². The molecule has 0 saturated heterocycles. The first-order valence-corrected chi connectivity index (χ1v) is 4.64. The Bertz CT molecular complexity index is 426. The zero-order valence-electron chi connectivity index (χ0n) is 9.10. The van der Waals surface area contributed by atoms with Crippen molar-refractivity contribution in [2.24, 2.45) is 0 Å². The Labute approximate surface area is 93.0 Å². The van der Waals surface area contributed by atoms with E-state index < -0.39 is 5.97 Å². The van der Waals surface area contributed by atoms with E-state index in [1.54, 1.807) is 6.92 Å². The van der Waals surface area contributed by atoms with Crippen molar-refractivity contribution < 1.29 is 19.7 Å². The van der Waals surface area contributed by atoms with Crippen LogP contribution in [0.2, 0.25) is 0 Å². The van der Waals surface area contributed by atoms with E-state index in [0.29, 0.717) is 16.8 Å². The molecule has 0 aliphatic carbocycles. The first-order chi connectivity index (χ1) is 7.60. The van der Waals surface area contributed by atoms with Gasteiger partial charge in [0, 0.05) is 23.4 Å². The van der Waals surface area contributed by atoms with Crippen molar-refractivity contribution in [3.63, 3.8) is 0 Å². The fourth-order valence-corrected chi connectivity index (χ4v) is 1.18. The zero-order chi connectivity index (χ0) is 12.1. The number of hydrogen-bond donors (Lipinski definition) is 2. The number of carbonyl (C=O) groups is 1. The molecule has 1 aromatic rings. The molecule has 0 fully saturated rings. The summed E-state index contributed by atoms with van der Waals surface area (Å²) in [5, 5.41) is 18.8. The van der Waals surface area contributed by atoms with Gasteiger partial charge in [-0.15, -0.1) is 0 Å². The van der Waals surface area contributed by atoms with Gasteiger partial charge >= 0.3 is 5.97 Å². The lowest BCUT2D eigenvalue weighted by Crippen LogP contribution is -1.97. The van der Waals surface area contributed by atoms with Gasteiger partial charge in [-0.1, -0.05) is 0 Å². The van der Waals surface area contributed by atoms with Crippen molar-refractivity contribution in [1.82, 2.24) is 4.98 Å². The summed E-state index contributed by atoms with van der Waals surface area (Å²) >= 11 is 0. The molecule has 16 heavy (non-hydrogen) atoms. The number of aliphatic hydroxyl groups excluding tert-OH is 1. The van der Waals surface area contributed by atoms with E-state index in [9.17, 15) is 9.90 Å². The van der Waals surface area contributed by atoms with Crippen LogP contribution in [-0.4, -0.2) is 28.3 Å². The van der Waals surface area contributed by atoms with Crippen LogP contribution in [0.4, 0.5) is 0 Å². The normalized spacial score (nSPS) is 10.7. The maximum Gasteiger partial charge on any atom is 0.330 e. The number of aromatic hydroxyl groups is 1. The standard InChI is InChI=1S/C11H13NO4/c1-7-11(15)9(3-4-10(14)16-2)8(6-13)5-12-7/h3-5,13,15H,6H2,1-2H3. The third kappa shape index (κ3) is 2.58. The molecule has 1 rings (SSSR count).